The van der Waals surface area contributed by atoms with Gasteiger partial charge in [-0.3, -0.25) is 4.98 Å². The van der Waals surface area contributed by atoms with Gasteiger partial charge in [-0.1, -0.05) is 11.6 Å². The van der Waals surface area contributed by atoms with Gasteiger partial charge in [-0.2, -0.15) is 0 Å². The number of sulfonamides is 1. The largest absolute Gasteiger partial charge is 0.258 e. The molecule has 1 aromatic heterocycles. The number of hydrogen-bond acceptors (Lipinski definition) is 4. The molecule has 0 aliphatic heterocycles. The Bertz CT molecular complexity index is 363. The van der Waals surface area contributed by atoms with Gasteiger partial charge in [-0.05, 0) is 0 Å². The van der Waals surface area contributed by atoms with Crippen LogP contribution in [0.15, 0.2) is 17.4 Å². The highest BCUT2D eigenvalue weighted by atomic mass is 35.5. The first-order valence-corrected chi connectivity index (χ1v) is 4.43. The number of primary sulfonamides is 1. The van der Waals surface area contributed by atoms with Crippen LogP contribution in [0.1, 0.15) is 0 Å². The van der Waals surface area contributed by atoms with Crippen molar-refractivity contribution in [3.8, 4) is 0 Å². The summed E-state index contributed by atoms with van der Waals surface area (Å²) in [5.74, 6) is 0. The molecule has 0 aliphatic carbocycles. The first kappa shape index (κ1) is 8.38. The number of rotatable bonds is 1. The number of nitrogens with two attached hydrogens (primary N) is 1. The standard InChI is InChI=1S/C4H4ClN3O2S/c5-3-1-7-2-4(8-3)11(6,9)10/h1-2H,(H2,6,9,10). The second kappa shape index (κ2) is 2.72. The molecular weight excluding hydrogens is 190 g/mol. The summed E-state index contributed by atoms with van der Waals surface area (Å²) in [6.45, 7) is 0. The molecule has 0 spiro atoms. The highest BCUT2D eigenvalue weighted by Crippen LogP contribution is 2.05. The Morgan fingerprint density at radius 3 is 2.45 bits per heavy atom. The molecule has 1 heterocycles. The fourth-order valence-corrected chi connectivity index (χ4v) is 1.09. The summed E-state index contributed by atoms with van der Waals surface area (Å²) in [4.78, 5) is 6.93. The molecule has 1 rings (SSSR count). The fraction of sp³-hybridized carbons (Fsp3) is 0. The molecule has 0 unspecified atom stereocenters. The van der Waals surface area contributed by atoms with Gasteiger partial charge in [0.25, 0.3) is 10.0 Å². The van der Waals surface area contributed by atoms with Crippen LogP contribution in [0.4, 0.5) is 0 Å². The summed E-state index contributed by atoms with van der Waals surface area (Å²) in [6, 6.07) is 0. The molecule has 0 fully saturated rings. The van der Waals surface area contributed by atoms with Crippen LogP contribution in [-0.4, -0.2) is 18.4 Å². The highest BCUT2D eigenvalue weighted by Gasteiger charge is 2.09. The summed E-state index contributed by atoms with van der Waals surface area (Å²) in [6.07, 6.45) is 2.25. The molecule has 0 saturated heterocycles. The van der Waals surface area contributed by atoms with E-state index < -0.39 is 10.0 Å². The molecule has 0 bridgehead atoms. The van der Waals surface area contributed by atoms with E-state index in [1.807, 2.05) is 0 Å². The molecule has 0 aromatic carbocycles. The Hall–Kier alpha value is -0.720. The zero-order valence-electron chi connectivity index (χ0n) is 5.23. The van der Waals surface area contributed by atoms with E-state index in [1.54, 1.807) is 0 Å². The first-order valence-electron chi connectivity index (χ1n) is 2.50. The Kier molecular flexibility index (Phi) is 2.08. The predicted octanol–water partition coefficient (Wildman–Crippen LogP) is -0.223. The van der Waals surface area contributed by atoms with Crippen molar-refractivity contribution in [1.29, 1.82) is 0 Å². The predicted molar refractivity (Wildman–Crippen MR) is 38.4 cm³/mol. The lowest BCUT2D eigenvalue weighted by Crippen LogP contribution is -2.14. The van der Waals surface area contributed by atoms with Crippen LogP contribution >= 0.6 is 11.6 Å². The van der Waals surface area contributed by atoms with Crippen LogP contribution in [0.25, 0.3) is 0 Å². The maximum Gasteiger partial charge on any atom is 0.257 e. The molecule has 60 valence electrons. The lowest BCUT2D eigenvalue weighted by atomic mass is 10.8. The molecule has 11 heavy (non-hydrogen) atoms. The van der Waals surface area contributed by atoms with Crippen LogP contribution in [0.2, 0.25) is 5.15 Å². The molecule has 0 amide bonds. The molecule has 0 atom stereocenters. The van der Waals surface area contributed by atoms with Crippen molar-refractivity contribution in [1.82, 2.24) is 9.97 Å². The van der Waals surface area contributed by atoms with Gasteiger partial charge in [0.05, 0.1) is 12.4 Å². The number of halogens is 1. The van der Waals surface area contributed by atoms with Crippen molar-refractivity contribution in [2.24, 2.45) is 5.14 Å². The van der Waals surface area contributed by atoms with Crippen molar-refractivity contribution < 1.29 is 8.42 Å². The van der Waals surface area contributed by atoms with Crippen LogP contribution in [0.3, 0.4) is 0 Å². The Balaban J connectivity index is 3.28. The third kappa shape index (κ3) is 2.11. The van der Waals surface area contributed by atoms with E-state index in [0.29, 0.717) is 0 Å². The Labute approximate surface area is 68.3 Å². The average Bonchev–Trinajstić information content (AvgIpc) is 1.86. The van der Waals surface area contributed by atoms with E-state index in [1.165, 1.54) is 6.20 Å². The summed E-state index contributed by atoms with van der Waals surface area (Å²) in [5, 5.41) is 4.40. The van der Waals surface area contributed by atoms with E-state index in [9.17, 15) is 8.42 Å². The van der Waals surface area contributed by atoms with Gasteiger partial charge in [0.2, 0.25) is 0 Å². The smallest absolute Gasteiger partial charge is 0.257 e. The Morgan fingerprint density at radius 1 is 1.45 bits per heavy atom. The number of hydrogen-bond donors (Lipinski definition) is 1. The topological polar surface area (TPSA) is 85.9 Å². The van der Waals surface area contributed by atoms with Gasteiger partial charge in [-0.15, -0.1) is 0 Å². The number of aromatic nitrogens is 2. The second-order valence-corrected chi connectivity index (χ2v) is 3.62. The quantitative estimate of drug-likeness (QED) is 0.668. The van der Waals surface area contributed by atoms with Gasteiger partial charge in [-0.25, -0.2) is 18.5 Å². The maximum absolute atomic E-state index is 10.6. The molecule has 0 saturated carbocycles. The summed E-state index contributed by atoms with van der Waals surface area (Å²) in [5.41, 5.74) is 0. The van der Waals surface area contributed by atoms with E-state index in [4.69, 9.17) is 16.7 Å². The maximum atomic E-state index is 10.6. The molecule has 5 nitrogen and oxygen atoms in total. The Morgan fingerprint density at radius 2 is 2.09 bits per heavy atom. The molecule has 0 aliphatic rings. The van der Waals surface area contributed by atoms with E-state index in [2.05, 4.69) is 9.97 Å². The van der Waals surface area contributed by atoms with Gasteiger partial charge in [0.15, 0.2) is 5.03 Å². The fourth-order valence-electron chi connectivity index (χ4n) is 0.463. The summed E-state index contributed by atoms with van der Waals surface area (Å²) in [7, 11) is -3.78. The zero-order chi connectivity index (χ0) is 8.48. The van der Waals surface area contributed by atoms with Crippen LogP contribution in [0, 0.1) is 0 Å². The monoisotopic (exact) mass is 193 g/mol. The summed E-state index contributed by atoms with van der Waals surface area (Å²) < 4.78 is 21.2. The first-order chi connectivity index (χ1) is 5.00. The highest BCUT2D eigenvalue weighted by molar-refractivity contribution is 7.89. The zero-order valence-corrected chi connectivity index (χ0v) is 6.80. The van der Waals surface area contributed by atoms with Crippen molar-refractivity contribution in [2.45, 2.75) is 5.03 Å². The van der Waals surface area contributed by atoms with E-state index in [-0.39, 0.29) is 10.2 Å². The minimum atomic E-state index is -3.78. The third-order valence-electron chi connectivity index (χ3n) is 0.875. The average molecular weight is 194 g/mol. The molecular formula is C4H4ClN3O2S. The van der Waals surface area contributed by atoms with Gasteiger partial charge in [0.1, 0.15) is 5.15 Å². The van der Waals surface area contributed by atoms with E-state index in [0.717, 1.165) is 6.20 Å². The van der Waals surface area contributed by atoms with Crippen LogP contribution < -0.4 is 5.14 Å². The van der Waals surface area contributed by atoms with Gasteiger partial charge < -0.3 is 0 Å². The lowest BCUT2D eigenvalue weighted by molar-refractivity contribution is 0.593. The van der Waals surface area contributed by atoms with E-state index >= 15 is 0 Å². The third-order valence-corrected chi connectivity index (χ3v) is 1.84. The summed E-state index contributed by atoms with van der Waals surface area (Å²) >= 11 is 5.36. The normalized spacial score (nSPS) is 11.5. The molecule has 2 N–H and O–H groups in total. The van der Waals surface area contributed by atoms with Crippen molar-refractivity contribution in [3.05, 3.63) is 17.5 Å². The molecule has 7 heteroatoms. The van der Waals surface area contributed by atoms with Crippen LogP contribution in [-0.2, 0) is 10.0 Å². The number of nitrogens with zero attached hydrogens (tertiary/aromatic N) is 2. The van der Waals surface area contributed by atoms with Crippen LogP contribution in [0.5, 0.6) is 0 Å². The minimum absolute atomic E-state index is 0.00322. The lowest BCUT2D eigenvalue weighted by Gasteiger charge is -1.94. The van der Waals surface area contributed by atoms with Crippen molar-refractivity contribution in [2.75, 3.05) is 0 Å². The van der Waals surface area contributed by atoms with Crippen molar-refractivity contribution >= 4 is 21.6 Å². The molecule has 1 aromatic rings. The van der Waals surface area contributed by atoms with Gasteiger partial charge in [0, 0.05) is 0 Å². The minimum Gasteiger partial charge on any atom is -0.258 e. The SMILES string of the molecule is NS(=O)(=O)c1cncc(Cl)n1. The second-order valence-electron chi connectivity index (χ2n) is 1.73. The molecule has 0 radical (unpaired) electrons. The van der Waals surface area contributed by atoms with Crippen molar-refractivity contribution in [3.63, 3.8) is 0 Å². The van der Waals surface area contributed by atoms with Gasteiger partial charge >= 0.3 is 0 Å².